The molecule has 4 aliphatic rings. The Morgan fingerprint density at radius 3 is 2.41 bits per heavy atom. The first-order valence-electron chi connectivity index (χ1n) is 18.5. The fourth-order valence-electron chi connectivity index (χ4n) is 7.50. The first kappa shape index (κ1) is 38.5. The van der Waals surface area contributed by atoms with Crippen LogP contribution in [-0.4, -0.2) is 87.0 Å². The summed E-state index contributed by atoms with van der Waals surface area (Å²) >= 11 is 1.48. The quantitative estimate of drug-likeness (QED) is 0.184. The van der Waals surface area contributed by atoms with Crippen LogP contribution in [0.1, 0.15) is 84.8 Å². The highest BCUT2D eigenvalue weighted by atomic mass is 32.1. The van der Waals surface area contributed by atoms with Gasteiger partial charge in [0.25, 0.3) is 11.8 Å². The van der Waals surface area contributed by atoms with Crippen LogP contribution in [0, 0.1) is 29.1 Å². The highest BCUT2D eigenvalue weighted by Gasteiger charge is 2.53. The molecule has 4 N–H and O–H groups in total. The number of fused-ring (bicyclic) bond motifs is 1. The number of nitriles is 1. The van der Waals surface area contributed by atoms with Crippen LogP contribution in [0.3, 0.4) is 0 Å². The molecule has 3 aliphatic heterocycles. The maximum Gasteiger partial charge on any atom is 0.262 e. The van der Waals surface area contributed by atoms with Gasteiger partial charge in [0, 0.05) is 45.0 Å². The summed E-state index contributed by atoms with van der Waals surface area (Å²) in [5, 5.41) is 27.9. The van der Waals surface area contributed by atoms with Gasteiger partial charge >= 0.3 is 0 Å². The van der Waals surface area contributed by atoms with E-state index in [2.05, 4.69) is 16.0 Å². The van der Waals surface area contributed by atoms with Crippen molar-refractivity contribution in [2.24, 2.45) is 10.8 Å². The summed E-state index contributed by atoms with van der Waals surface area (Å²) in [5.41, 5.74) is 3.68. The van der Waals surface area contributed by atoms with Crippen molar-refractivity contribution in [3.8, 4) is 22.2 Å². The standard InChI is InChI=1S/C40H41N7O8S/c1-21-31(56-20-46(21)24-9-10-26-27(15-24)36(53)47(35(26)52)28-11-12-30(49)43-34(28)51)23-7-5-22(6-8-23)17-42-33(50)29-16-25(48)18-45(29)37(54)32(39(2,3)4)44-38(55)40(19-41)13-14-40/h5-10,15,20,25,28-29,32,48H,11-14,16-18H2,1-4H3,(H2-,42,43,44,49,50,51,55)/p+1/t25-,28?,29+,32-/m1/s1. The fraction of sp³-hybridized carbons (Fsp3) is 0.425. The second-order valence-electron chi connectivity index (χ2n) is 16.0. The Morgan fingerprint density at radius 2 is 1.77 bits per heavy atom. The summed E-state index contributed by atoms with van der Waals surface area (Å²) in [6.07, 6.45) is 0.112. The molecule has 3 aromatic rings. The molecule has 16 heteroatoms. The normalized spacial score (nSPS) is 22.0. The molecule has 1 saturated carbocycles. The smallest absolute Gasteiger partial charge is 0.262 e. The number of nitrogens with one attached hydrogen (secondary N) is 3. The maximum absolute atomic E-state index is 13.8. The van der Waals surface area contributed by atoms with E-state index >= 15 is 0 Å². The number of hydrogen-bond donors (Lipinski definition) is 4. The number of benzene rings is 2. The van der Waals surface area contributed by atoms with Crippen molar-refractivity contribution in [1.29, 1.82) is 5.26 Å². The lowest BCUT2D eigenvalue weighted by Crippen LogP contribution is -2.58. The summed E-state index contributed by atoms with van der Waals surface area (Å²) < 4.78 is 1.91. The van der Waals surface area contributed by atoms with E-state index in [-0.39, 0.29) is 43.5 Å². The maximum atomic E-state index is 13.8. The molecular weight excluding hydrogens is 739 g/mol. The molecule has 2 aromatic carbocycles. The molecule has 3 fully saturated rings. The predicted octanol–water partition coefficient (Wildman–Crippen LogP) is 1.81. The van der Waals surface area contributed by atoms with Crippen LogP contribution >= 0.6 is 11.3 Å². The number of rotatable bonds is 9. The summed E-state index contributed by atoms with van der Waals surface area (Å²) in [7, 11) is 0. The van der Waals surface area contributed by atoms with Crippen molar-refractivity contribution in [3.63, 3.8) is 0 Å². The number of aliphatic hydroxyl groups is 1. The zero-order valence-corrected chi connectivity index (χ0v) is 32.2. The summed E-state index contributed by atoms with van der Waals surface area (Å²) in [6, 6.07) is 11.6. The highest BCUT2D eigenvalue weighted by Crippen LogP contribution is 2.45. The number of aromatic nitrogens is 1. The minimum atomic E-state index is -1.12. The molecular formula is C40H42N7O8S+. The molecule has 1 aromatic heterocycles. The second kappa shape index (κ2) is 14.4. The van der Waals surface area contributed by atoms with E-state index in [9.17, 15) is 43.9 Å². The SMILES string of the molecule is Cc1c(-c2ccc(CNC(=O)[C@@H]3C[C@@H](O)CN3C(=O)[C@@H](NC(=O)C3(C#N)CC3)C(C)(C)C)cc2)sc[n+]1-c1ccc2c(c1)C(=O)N(C1CCC(=O)NC1=O)C2=O. The van der Waals surface area contributed by atoms with Gasteiger partial charge in [0.15, 0.2) is 0 Å². The van der Waals surface area contributed by atoms with Crippen LogP contribution in [0.2, 0.25) is 0 Å². The number of likely N-dealkylation sites (tertiary alicyclic amines) is 1. The summed E-state index contributed by atoms with van der Waals surface area (Å²) in [5.74, 6) is -3.67. The van der Waals surface area contributed by atoms with Crippen LogP contribution < -0.4 is 20.5 Å². The number of carbonyl (C=O) groups excluding carboxylic acids is 7. The van der Waals surface area contributed by atoms with Gasteiger partial charge < -0.3 is 20.6 Å². The van der Waals surface area contributed by atoms with Gasteiger partial charge in [-0.15, -0.1) is 0 Å². The Bertz CT molecular complexity index is 2230. The molecule has 1 aliphatic carbocycles. The third-order valence-corrected chi connectivity index (χ3v) is 12.1. The van der Waals surface area contributed by atoms with Gasteiger partial charge in [0.1, 0.15) is 28.4 Å². The molecule has 290 valence electrons. The molecule has 7 amide bonds. The third kappa shape index (κ3) is 6.96. The first-order chi connectivity index (χ1) is 26.5. The number of amides is 7. The third-order valence-electron chi connectivity index (χ3n) is 11.0. The van der Waals surface area contributed by atoms with E-state index in [1.54, 1.807) is 39.0 Å². The van der Waals surface area contributed by atoms with Crippen molar-refractivity contribution >= 4 is 52.7 Å². The number of carbonyl (C=O) groups is 7. The van der Waals surface area contributed by atoms with Gasteiger partial charge in [-0.2, -0.15) is 9.83 Å². The Balaban J connectivity index is 1.00. The molecule has 56 heavy (non-hydrogen) atoms. The summed E-state index contributed by atoms with van der Waals surface area (Å²) in [6.45, 7) is 7.42. The Hall–Kier alpha value is -5.79. The molecule has 15 nitrogen and oxygen atoms in total. The molecule has 1 unspecified atom stereocenters. The Morgan fingerprint density at radius 1 is 1.07 bits per heavy atom. The van der Waals surface area contributed by atoms with Gasteiger partial charge in [-0.25, -0.2) is 0 Å². The molecule has 2 saturated heterocycles. The number of hydrogen-bond acceptors (Lipinski definition) is 10. The minimum Gasteiger partial charge on any atom is -0.391 e. The van der Waals surface area contributed by atoms with Crippen LogP contribution in [0.5, 0.6) is 0 Å². The van der Waals surface area contributed by atoms with Crippen LogP contribution in [0.15, 0.2) is 48.0 Å². The average Bonchev–Trinajstić information content (AvgIpc) is 3.64. The van der Waals surface area contributed by atoms with Gasteiger partial charge in [-0.3, -0.25) is 43.8 Å². The van der Waals surface area contributed by atoms with Crippen LogP contribution in [-0.2, 0) is 30.5 Å². The number of β-amino-alcohol motifs (C(OH)–C–C–N with tert-alkyl or cyclic N) is 1. The molecule has 0 radical (unpaired) electrons. The lowest BCUT2D eigenvalue weighted by Gasteiger charge is -2.35. The largest absolute Gasteiger partial charge is 0.391 e. The first-order valence-corrected chi connectivity index (χ1v) is 19.3. The van der Waals surface area contributed by atoms with Crippen molar-refractivity contribution in [3.05, 3.63) is 70.4 Å². The van der Waals surface area contributed by atoms with E-state index in [1.165, 1.54) is 16.2 Å². The number of aliphatic hydroxyl groups excluding tert-OH is 1. The lowest BCUT2D eigenvalue weighted by atomic mass is 9.85. The van der Waals surface area contributed by atoms with E-state index in [0.29, 0.717) is 18.5 Å². The van der Waals surface area contributed by atoms with Gasteiger partial charge in [-0.05, 0) is 41.9 Å². The predicted molar refractivity (Wildman–Crippen MR) is 199 cm³/mol. The monoisotopic (exact) mass is 780 g/mol. The molecule has 7 rings (SSSR count). The van der Waals surface area contributed by atoms with Crippen molar-refractivity contribution in [2.45, 2.75) is 90.6 Å². The van der Waals surface area contributed by atoms with E-state index in [4.69, 9.17) is 0 Å². The van der Waals surface area contributed by atoms with Gasteiger partial charge in [-0.1, -0.05) is 56.4 Å². The number of piperidine rings is 1. The van der Waals surface area contributed by atoms with E-state index in [1.807, 2.05) is 47.3 Å². The Labute approximate surface area is 326 Å². The molecule has 4 atom stereocenters. The zero-order valence-electron chi connectivity index (χ0n) is 31.4. The van der Waals surface area contributed by atoms with E-state index in [0.717, 1.165) is 26.6 Å². The summed E-state index contributed by atoms with van der Waals surface area (Å²) in [4.78, 5) is 94.1. The molecule has 0 spiro atoms. The van der Waals surface area contributed by atoms with Crippen molar-refractivity contribution in [1.82, 2.24) is 25.8 Å². The van der Waals surface area contributed by atoms with Crippen molar-refractivity contribution in [2.75, 3.05) is 6.54 Å². The van der Waals surface area contributed by atoms with Gasteiger partial charge in [0.05, 0.1) is 23.3 Å². The number of nitrogens with zero attached hydrogens (tertiary/aromatic N) is 4. The second-order valence-corrected chi connectivity index (χ2v) is 16.8. The minimum absolute atomic E-state index is 0.0393. The van der Waals surface area contributed by atoms with Gasteiger partial charge in [0.2, 0.25) is 46.4 Å². The zero-order chi connectivity index (χ0) is 40.3. The average molecular weight is 781 g/mol. The van der Waals surface area contributed by atoms with Crippen molar-refractivity contribution < 1.29 is 43.2 Å². The van der Waals surface area contributed by atoms with Crippen LogP contribution in [0.4, 0.5) is 0 Å². The molecule has 4 heterocycles. The lowest BCUT2D eigenvalue weighted by molar-refractivity contribution is -0.596. The topological polar surface area (TPSA) is 210 Å². The fourth-order valence-corrected chi connectivity index (χ4v) is 8.54. The number of thiazole rings is 1. The highest BCUT2D eigenvalue weighted by molar-refractivity contribution is 7.13. The van der Waals surface area contributed by atoms with Crippen LogP contribution in [0.25, 0.3) is 16.1 Å². The Kier molecular flexibility index (Phi) is 9.88. The number of imide groups is 2. The molecule has 0 bridgehead atoms. The van der Waals surface area contributed by atoms with E-state index < -0.39 is 76.4 Å².